The van der Waals surface area contributed by atoms with Crippen molar-refractivity contribution in [2.24, 2.45) is 5.73 Å². The summed E-state index contributed by atoms with van der Waals surface area (Å²) in [5, 5.41) is 9.56. The number of hydrogen-bond donors (Lipinski definition) is 2. The van der Waals surface area contributed by atoms with Crippen LogP contribution in [0.3, 0.4) is 0 Å². The molecule has 0 saturated carbocycles. The van der Waals surface area contributed by atoms with Gasteiger partial charge in [0.05, 0.1) is 0 Å². The molecule has 0 aliphatic heterocycles. The van der Waals surface area contributed by atoms with Crippen molar-refractivity contribution in [2.75, 3.05) is 13.6 Å². The fraction of sp³-hybridized carbons (Fsp3) is 0.900. The maximum atomic E-state index is 12.4. The SMILES string of the molecule is CCCCCCCCCCCC(=O)N(C)[C@@](C)(CCCCN)C(=O)O. The molecule has 0 aromatic carbocycles. The molecule has 0 fully saturated rings. The van der Waals surface area contributed by atoms with Crippen LogP contribution in [-0.2, 0) is 9.59 Å². The van der Waals surface area contributed by atoms with E-state index in [0.717, 1.165) is 32.1 Å². The summed E-state index contributed by atoms with van der Waals surface area (Å²) in [6.07, 6.45) is 13.2. The number of amides is 1. The first-order valence-electron chi connectivity index (χ1n) is 10.1. The number of aliphatic carboxylic acids is 1. The predicted molar refractivity (Wildman–Crippen MR) is 104 cm³/mol. The highest BCUT2D eigenvalue weighted by atomic mass is 16.4. The van der Waals surface area contributed by atoms with Crippen LogP contribution in [0.5, 0.6) is 0 Å². The van der Waals surface area contributed by atoms with Crippen LogP contribution in [0.2, 0.25) is 0 Å². The Morgan fingerprint density at radius 1 is 0.920 bits per heavy atom. The van der Waals surface area contributed by atoms with Crippen molar-refractivity contribution < 1.29 is 14.7 Å². The number of rotatable bonds is 16. The number of carboxylic acid groups (broad SMARTS) is 1. The summed E-state index contributed by atoms with van der Waals surface area (Å²) in [6.45, 7) is 4.41. The van der Waals surface area contributed by atoms with E-state index < -0.39 is 11.5 Å². The van der Waals surface area contributed by atoms with Gasteiger partial charge < -0.3 is 15.7 Å². The minimum absolute atomic E-state index is 0.0689. The van der Waals surface area contributed by atoms with E-state index in [1.807, 2.05) is 0 Å². The Labute approximate surface area is 154 Å². The molecule has 3 N–H and O–H groups in total. The van der Waals surface area contributed by atoms with Crippen molar-refractivity contribution in [1.29, 1.82) is 0 Å². The summed E-state index contributed by atoms with van der Waals surface area (Å²) in [5.74, 6) is -1.01. The van der Waals surface area contributed by atoms with Gasteiger partial charge in [-0.1, -0.05) is 58.3 Å². The number of unbranched alkanes of at least 4 members (excludes halogenated alkanes) is 9. The van der Waals surface area contributed by atoms with Crippen molar-refractivity contribution in [3.63, 3.8) is 0 Å². The third-order valence-electron chi connectivity index (χ3n) is 5.19. The topological polar surface area (TPSA) is 83.6 Å². The zero-order valence-electron chi connectivity index (χ0n) is 16.7. The second kappa shape index (κ2) is 14.1. The lowest BCUT2D eigenvalue weighted by Gasteiger charge is -2.35. The molecule has 0 radical (unpaired) electrons. The van der Waals surface area contributed by atoms with Crippen molar-refractivity contribution >= 4 is 11.9 Å². The van der Waals surface area contributed by atoms with Crippen LogP contribution < -0.4 is 5.73 Å². The molecule has 0 aliphatic carbocycles. The lowest BCUT2D eigenvalue weighted by atomic mass is 9.92. The Bertz CT molecular complexity index is 374. The first-order chi connectivity index (χ1) is 11.9. The first-order valence-corrected chi connectivity index (χ1v) is 10.1. The summed E-state index contributed by atoms with van der Waals surface area (Å²) in [5.41, 5.74) is 4.35. The van der Waals surface area contributed by atoms with Gasteiger partial charge in [0.2, 0.25) is 5.91 Å². The standard InChI is InChI=1S/C20H40N2O3/c1-4-5-6-7-8-9-10-11-12-15-18(23)22(3)20(2,19(24)25)16-13-14-17-21/h4-17,21H2,1-3H3,(H,24,25)/t20-/m0/s1. The van der Waals surface area contributed by atoms with Crippen LogP contribution in [0.25, 0.3) is 0 Å². The van der Waals surface area contributed by atoms with E-state index in [9.17, 15) is 14.7 Å². The lowest BCUT2D eigenvalue weighted by molar-refractivity contribution is -0.157. The third-order valence-corrected chi connectivity index (χ3v) is 5.19. The second-order valence-corrected chi connectivity index (χ2v) is 7.36. The summed E-state index contributed by atoms with van der Waals surface area (Å²) < 4.78 is 0. The molecule has 5 heteroatoms. The molecular formula is C20H40N2O3. The van der Waals surface area contributed by atoms with Gasteiger partial charge in [0.25, 0.3) is 0 Å². The van der Waals surface area contributed by atoms with Gasteiger partial charge in [0, 0.05) is 13.5 Å². The number of carbonyl (C=O) groups excluding carboxylic acids is 1. The van der Waals surface area contributed by atoms with E-state index in [0.29, 0.717) is 19.4 Å². The molecule has 0 aromatic rings. The summed E-state index contributed by atoms with van der Waals surface area (Å²) >= 11 is 0. The number of likely N-dealkylation sites (N-methyl/N-ethyl adjacent to an activating group) is 1. The average molecular weight is 357 g/mol. The lowest BCUT2D eigenvalue weighted by Crippen LogP contribution is -2.53. The Kier molecular flexibility index (Phi) is 13.5. The second-order valence-electron chi connectivity index (χ2n) is 7.36. The van der Waals surface area contributed by atoms with E-state index in [1.54, 1.807) is 14.0 Å². The zero-order chi connectivity index (χ0) is 19.1. The molecule has 148 valence electrons. The van der Waals surface area contributed by atoms with Gasteiger partial charge in [0.1, 0.15) is 5.54 Å². The molecule has 25 heavy (non-hydrogen) atoms. The minimum atomic E-state index is -1.13. The molecule has 0 spiro atoms. The predicted octanol–water partition coefficient (Wildman–Crippen LogP) is 4.34. The Morgan fingerprint density at radius 2 is 1.44 bits per heavy atom. The van der Waals surface area contributed by atoms with Crippen molar-refractivity contribution in [1.82, 2.24) is 4.90 Å². The van der Waals surface area contributed by atoms with Crippen LogP contribution in [0.4, 0.5) is 0 Å². The molecule has 0 unspecified atom stereocenters. The number of carboxylic acids is 1. The third kappa shape index (κ3) is 9.83. The van der Waals surface area contributed by atoms with Gasteiger partial charge in [-0.05, 0) is 39.2 Å². The highest BCUT2D eigenvalue weighted by molar-refractivity contribution is 5.86. The van der Waals surface area contributed by atoms with Crippen LogP contribution in [0.1, 0.15) is 97.3 Å². The molecule has 1 amide bonds. The van der Waals surface area contributed by atoms with Crippen molar-refractivity contribution in [2.45, 2.75) is 103 Å². The highest BCUT2D eigenvalue weighted by Gasteiger charge is 2.39. The molecule has 0 saturated heterocycles. The fourth-order valence-electron chi connectivity index (χ4n) is 3.06. The van der Waals surface area contributed by atoms with E-state index in [4.69, 9.17) is 5.73 Å². The molecule has 5 nitrogen and oxygen atoms in total. The van der Waals surface area contributed by atoms with Gasteiger partial charge in [-0.3, -0.25) is 4.79 Å². The van der Waals surface area contributed by atoms with Crippen LogP contribution in [0.15, 0.2) is 0 Å². The summed E-state index contributed by atoms with van der Waals surface area (Å²) in [7, 11) is 1.62. The number of nitrogens with zero attached hydrogens (tertiary/aromatic N) is 1. The van der Waals surface area contributed by atoms with Crippen molar-refractivity contribution in [3.05, 3.63) is 0 Å². The first kappa shape index (κ1) is 23.9. The molecule has 0 aliphatic rings. The fourth-order valence-corrected chi connectivity index (χ4v) is 3.06. The Balaban J connectivity index is 4.07. The minimum Gasteiger partial charge on any atom is -0.480 e. The number of hydrogen-bond acceptors (Lipinski definition) is 3. The molecule has 0 aromatic heterocycles. The monoisotopic (exact) mass is 356 g/mol. The quantitative estimate of drug-likeness (QED) is 0.403. The van der Waals surface area contributed by atoms with Crippen LogP contribution in [-0.4, -0.2) is 41.0 Å². The van der Waals surface area contributed by atoms with Crippen LogP contribution in [0, 0.1) is 0 Å². The molecule has 0 heterocycles. The van der Waals surface area contributed by atoms with E-state index in [2.05, 4.69) is 6.92 Å². The van der Waals surface area contributed by atoms with Gasteiger partial charge in [-0.25, -0.2) is 4.79 Å². The molecule has 0 rings (SSSR count). The van der Waals surface area contributed by atoms with Gasteiger partial charge in [0.15, 0.2) is 0 Å². The van der Waals surface area contributed by atoms with E-state index >= 15 is 0 Å². The molecule has 0 bridgehead atoms. The van der Waals surface area contributed by atoms with Crippen LogP contribution >= 0.6 is 0 Å². The Hall–Kier alpha value is -1.10. The van der Waals surface area contributed by atoms with Gasteiger partial charge >= 0.3 is 5.97 Å². The van der Waals surface area contributed by atoms with Crippen molar-refractivity contribution in [3.8, 4) is 0 Å². The van der Waals surface area contributed by atoms with Gasteiger partial charge in [-0.15, -0.1) is 0 Å². The zero-order valence-corrected chi connectivity index (χ0v) is 16.7. The normalized spacial score (nSPS) is 13.4. The maximum Gasteiger partial charge on any atom is 0.329 e. The number of nitrogens with two attached hydrogens (primary N) is 1. The largest absolute Gasteiger partial charge is 0.480 e. The average Bonchev–Trinajstić information content (AvgIpc) is 2.59. The number of carbonyl (C=O) groups is 2. The molecular weight excluding hydrogens is 316 g/mol. The summed E-state index contributed by atoms with van der Waals surface area (Å²) in [4.78, 5) is 25.5. The maximum absolute atomic E-state index is 12.4. The van der Waals surface area contributed by atoms with Gasteiger partial charge in [-0.2, -0.15) is 0 Å². The summed E-state index contributed by atoms with van der Waals surface area (Å²) in [6, 6.07) is 0. The van der Waals surface area contributed by atoms with E-state index in [1.165, 1.54) is 43.4 Å². The van der Waals surface area contributed by atoms with E-state index in [-0.39, 0.29) is 5.91 Å². The smallest absolute Gasteiger partial charge is 0.329 e. The highest BCUT2D eigenvalue weighted by Crippen LogP contribution is 2.23. The molecule has 1 atom stereocenters. The Morgan fingerprint density at radius 3 is 1.92 bits per heavy atom.